The fraction of sp³-hybridized carbons (Fsp3) is 0.538. The Kier molecular flexibility index (Phi) is 2.71. The van der Waals surface area contributed by atoms with E-state index >= 15 is 0 Å². The third kappa shape index (κ3) is 2.01. The van der Waals surface area contributed by atoms with E-state index in [9.17, 15) is 0 Å². The molecule has 0 unspecified atom stereocenters. The molecule has 4 fully saturated rings. The smallest absolute Gasteiger partial charge is 0.144 e. The van der Waals surface area contributed by atoms with Crippen molar-refractivity contribution >= 4 is 12.7 Å². The molecule has 0 N–H and O–H groups in total. The molecule has 0 amide bonds. The van der Waals surface area contributed by atoms with E-state index in [1.807, 2.05) is 18.2 Å². The normalized spacial score (nSPS) is 39.3. The van der Waals surface area contributed by atoms with Crippen LogP contribution in [0.2, 0.25) is 0 Å². The largest absolute Gasteiger partial charge is 0.494 e. The molecule has 0 aromatic heterocycles. The topological polar surface area (TPSA) is 31.3 Å². The summed E-state index contributed by atoms with van der Waals surface area (Å²) >= 11 is 0. The monoisotopic (exact) mass is 278 g/mol. The Hall–Kier alpha value is -0.870. The van der Waals surface area contributed by atoms with Gasteiger partial charge in [0, 0.05) is 25.9 Å². The summed E-state index contributed by atoms with van der Waals surface area (Å²) in [4.78, 5) is 7.59. The molecule has 0 spiro atoms. The Morgan fingerprint density at radius 2 is 1.58 bits per heavy atom. The van der Waals surface area contributed by atoms with Gasteiger partial charge in [0.1, 0.15) is 11.4 Å². The van der Waals surface area contributed by atoms with Crippen LogP contribution >= 0.6 is 7.05 Å². The minimum absolute atomic E-state index is 0.901. The van der Waals surface area contributed by atoms with Crippen LogP contribution in [-0.2, 0) is 0 Å². The molecule has 4 bridgehead atoms. The quantitative estimate of drug-likeness (QED) is 0.776. The highest BCUT2D eigenvalue weighted by molar-refractivity contribution is 7.66. The minimum atomic E-state index is -1.29. The molecule has 1 aromatic carbocycles. The number of benzene rings is 1. The summed E-state index contributed by atoms with van der Waals surface area (Å²) in [5.74, 6) is 0.901. The van der Waals surface area contributed by atoms with Gasteiger partial charge in [-0.2, -0.15) is 0 Å². The fourth-order valence-electron chi connectivity index (χ4n) is 3.54. The highest BCUT2D eigenvalue weighted by Crippen LogP contribution is 2.60. The van der Waals surface area contributed by atoms with Crippen LogP contribution in [0.4, 0.5) is 5.69 Å². The molecule has 4 aliphatic rings. The zero-order valence-electron chi connectivity index (χ0n) is 11.2. The SMILES string of the molecule is COc1ccccc1N=P12CN3CN(CN(C3)C1)C2. The van der Waals surface area contributed by atoms with Gasteiger partial charge in [-0.25, -0.2) is 0 Å². The van der Waals surface area contributed by atoms with Crippen molar-refractivity contribution in [3.63, 3.8) is 0 Å². The summed E-state index contributed by atoms with van der Waals surface area (Å²) in [7, 11) is 0.439. The summed E-state index contributed by atoms with van der Waals surface area (Å²) in [6.07, 6.45) is 3.54. The van der Waals surface area contributed by atoms with Crippen LogP contribution in [0.25, 0.3) is 0 Å². The van der Waals surface area contributed by atoms with E-state index in [4.69, 9.17) is 9.48 Å². The van der Waals surface area contributed by atoms with Crippen molar-refractivity contribution in [1.82, 2.24) is 14.7 Å². The molecular formula is C13H19N4OP. The molecule has 0 aliphatic carbocycles. The van der Waals surface area contributed by atoms with Gasteiger partial charge in [-0.15, -0.1) is 0 Å². The second-order valence-electron chi connectivity index (χ2n) is 5.73. The lowest BCUT2D eigenvalue weighted by Gasteiger charge is -2.56. The van der Waals surface area contributed by atoms with Gasteiger partial charge in [0.25, 0.3) is 0 Å². The summed E-state index contributed by atoms with van der Waals surface area (Å²) in [6, 6.07) is 8.14. The average Bonchev–Trinajstić information content (AvgIpc) is 2.37. The molecule has 1 aromatic rings. The van der Waals surface area contributed by atoms with E-state index in [-0.39, 0.29) is 0 Å². The molecule has 102 valence electrons. The highest BCUT2D eigenvalue weighted by Gasteiger charge is 2.43. The van der Waals surface area contributed by atoms with E-state index in [2.05, 4.69) is 20.8 Å². The Balaban J connectivity index is 1.76. The van der Waals surface area contributed by atoms with Crippen molar-refractivity contribution in [1.29, 1.82) is 0 Å². The van der Waals surface area contributed by atoms with Gasteiger partial charge in [0.05, 0.1) is 27.1 Å². The molecule has 4 aliphatic heterocycles. The first-order valence-corrected chi connectivity index (χ1v) is 8.96. The van der Waals surface area contributed by atoms with E-state index in [0.29, 0.717) is 0 Å². The second kappa shape index (κ2) is 4.32. The van der Waals surface area contributed by atoms with E-state index in [1.165, 1.54) is 18.9 Å². The van der Waals surface area contributed by atoms with Crippen molar-refractivity contribution in [3.8, 4) is 5.75 Å². The standard InChI is InChI=1S/C13H19N4OP/c1-18-13-5-3-2-4-12(13)14-19-9-15-6-16(10-19)8-17(7-15)11-19/h2-5H,6-11H2,1H3. The number of nitrogens with zero attached hydrogens (tertiary/aromatic N) is 4. The first-order valence-electron chi connectivity index (χ1n) is 6.66. The molecule has 0 radical (unpaired) electrons. The maximum Gasteiger partial charge on any atom is 0.144 e. The number of ether oxygens (including phenoxy) is 1. The lowest BCUT2D eigenvalue weighted by molar-refractivity contribution is -0.0265. The second-order valence-corrected chi connectivity index (χ2v) is 8.97. The number of methoxy groups -OCH3 is 1. The van der Waals surface area contributed by atoms with Gasteiger partial charge >= 0.3 is 0 Å². The zero-order chi connectivity index (χ0) is 12.9. The van der Waals surface area contributed by atoms with Crippen LogP contribution < -0.4 is 4.74 Å². The number of rotatable bonds is 2. The van der Waals surface area contributed by atoms with Crippen LogP contribution in [-0.4, -0.2) is 60.7 Å². The lowest BCUT2D eigenvalue weighted by atomic mass is 10.3. The molecule has 4 heterocycles. The Morgan fingerprint density at radius 1 is 1.00 bits per heavy atom. The van der Waals surface area contributed by atoms with Crippen molar-refractivity contribution in [2.24, 2.45) is 4.74 Å². The molecule has 4 saturated heterocycles. The maximum absolute atomic E-state index is 5.44. The number of hydrogen-bond acceptors (Lipinski definition) is 5. The van der Waals surface area contributed by atoms with Crippen LogP contribution in [0.5, 0.6) is 5.75 Å². The average molecular weight is 278 g/mol. The van der Waals surface area contributed by atoms with Gasteiger partial charge in [0.2, 0.25) is 0 Å². The first kappa shape index (κ1) is 11.9. The van der Waals surface area contributed by atoms with Gasteiger partial charge in [-0.1, -0.05) is 12.1 Å². The van der Waals surface area contributed by atoms with Crippen molar-refractivity contribution in [2.45, 2.75) is 0 Å². The van der Waals surface area contributed by atoms with Gasteiger partial charge in [0.15, 0.2) is 0 Å². The van der Waals surface area contributed by atoms with E-state index in [0.717, 1.165) is 31.4 Å². The third-order valence-corrected chi connectivity index (χ3v) is 7.41. The van der Waals surface area contributed by atoms with Crippen LogP contribution in [0, 0.1) is 0 Å². The molecule has 5 rings (SSSR count). The van der Waals surface area contributed by atoms with Crippen molar-refractivity contribution < 1.29 is 4.74 Å². The summed E-state index contributed by atoms with van der Waals surface area (Å²) in [5.41, 5.74) is 1.03. The molecule has 19 heavy (non-hydrogen) atoms. The minimum Gasteiger partial charge on any atom is -0.494 e. The van der Waals surface area contributed by atoms with E-state index < -0.39 is 7.05 Å². The van der Waals surface area contributed by atoms with Gasteiger partial charge in [-0.05, 0) is 12.1 Å². The van der Waals surface area contributed by atoms with Crippen LogP contribution in [0.15, 0.2) is 29.0 Å². The summed E-state index contributed by atoms with van der Waals surface area (Å²) in [5, 5.41) is 0. The van der Waals surface area contributed by atoms with E-state index in [1.54, 1.807) is 7.11 Å². The van der Waals surface area contributed by atoms with Gasteiger partial charge < -0.3 is 4.74 Å². The predicted molar refractivity (Wildman–Crippen MR) is 76.7 cm³/mol. The van der Waals surface area contributed by atoms with Gasteiger partial charge in [-0.3, -0.25) is 19.4 Å². The Morgan fingerprint density at radius 3 is 2.16 bits per heavy atom. The first-order chi connectivity index (χ1) is 9.26. The predicted octanol–water partition coefficient (Wildman–Crippen LogP) is 2.22. The fourth-order valence-corrected chi connectivity index (χ4v) is 7.39. The maximum atomic E-state index is 5.44. The molecular weight excluding hydrogens is 259 g/mol. The zero-order valence-corrected chi connectivity index (χ0v) is 12.1. The lowest BCUT2D eigenvalue weighted by Crippen LogP contribution is -2.63. The Labute approximate surface area is 113 Å². The number of para-hydroxylation sites is 1. The molecule has 0 saturated carbocycles. The third-order valence-electron chi connectivity index (χ3n) is 3.99. The number of hydrogen-bond donors (Lipinski definition) is 0. The highest BCUT2D eigenvalue weighted by atomic mass is 31.2. The van der Waals surface area contributed by atoms with Crippen molar-refractivity contribution in [2.75, 3.05) is 46.0 Å². The molecule has 6 heteroatoms. The Bertz CT molecular complexity index is 517. The molecule has 0 atom stereocenters. The van der Waals surface area contributed by atoms with Crippen molar-refractivity contribution in [3.05, 3.63) is 24.3 Å². The van der Waals surface area contributed by atoms with Crippen LogP contribution in [0.1, 0.15) is 0 Å². The summed E-state index contributed by atoms with van der Waals surface area (Å²) < 4.78 is 10.6. The summed E-state index contributed by atoms with van der Waals surface area (Å²) in [6.45, 7) is 3.37. The van der Waals surface area contributed by atoms with Crippen LogP contribution in [0.3, 0.4) is 0 Å². The molecule has 5 nitrogen and oxygen atoms in total.